The van der Waals surface area contributed by atoms with Crippen LogP contribution in [0.2, 0.25) is 0 Å². The third kappa shape index (κ3) is 2.11. The highest BCUT2D eigenvalue weighted by Gasteiger charge is 2.40. The summed E-state index contributed by atoms with van der Waals surface area (Å²) in [6, 6.07) is 2.75. The Bertz CT molecular complexity index is 216. The number of halogens is 4. The van der Waals surface area contributed by atoms with Crippen molar-refractivity contribution in [1.29, 1.82) is 0 Å². The molecule has 1 unspecified atom stereocenters. The van der Waals surface area contributed by atoms with Crippen LogP contribution in [0.15, 0.2) is 22.8 Å². The van der Waals surface area contributed by atoms with Gasteiger partial charge in [-0.2, -0.15) is 13.2 Å². The van der Waals surface area contributed by atoms with Crippen molar-refractivity contribution in [3.8, 4) is 0 Å². The zero-order chi connectivity index (χ0) is 8.48. The minimum absolute atomic E-state index is 0.0573. The summed E-state index contributed by atoms with van der Waals surface area (Å²) in [7, 11) is 0. The van der Waals surface area contributed by atoms with Gasteiger partial charge in [-0.3, -0.25) is 0 Å². The minimum atomic E-state index is -4.22. The van der Waals surface area contributed by atoms with Crippen molar-refractivity contribution >= 4 is 22.6 Å². The van der Waals surface area contributed by atoms with Gasteiger partial charge in [-0.25, -0.2) is 0 Å². The Morgan fingerprint density at radius 1 is 1.45 bits per heavy atom. The average Bonchev–Trinajstić information content (AvgIpc) is 2.34. The van der Waals surface area contributed by atoms with Crippen molar-refractivity contribution in [2.75, 3.05) is 0 Å². The molecule has 1 aromatic rings. The molecule has 0 aliphatic carbocycles. The molecule has 11 heavy (non-hydrogen) atoms. The molecule has 1 aromatic heterocycles. The van der Waals surface area contributed by atoms with Crippen LogP contribution in [-0.4, -0.2) is 6.18 Å². The van der Waals surface area contributed by atoms with Crippen molar-refractivity contribution in [3.05, 3.63) is 24.2 Å². The van der Waals surface area contributed by atoms with E-state index in [2.05, 4.69) is 4.42 Å². The second kappa shape index (κ2) is 3.04. The Hall–Kier alpha value is -0.200. The maximum Gasteiger partial charge on any atom is 0.407 e. The topological polar surface area (TPSA) is 13.1 Å². The van der Waals surface area contributed by atoms with E-state index in [1.807, 2.05) is 0 Å². The predicted molar refractivity (Wildman–Crippen MR) is 41.5 cm³/mol. The lowest BCUT2D eigenvalue weighted by Gasteiger charge is -2.10. The summed E-state index contributed by atoms with van der Waals surface area (Å²) in [5.41, 5.74) is 0. The molecular formula is C6H4F3IO. The molecule has 0 aliphatic rings. The first-order chi connectivity index (χ1) is 5.02. The Morgan fingerprint density at radius 2 is 2.09 bits per heavy atom. The van der Waals surface area contributed by atoms with Crippen LogP contribution in [-0.2, 0) is 0 Å². The zero-order valence-corrected chi connectivity index (χ0v) is 7.39. The van der Waals surface area contributed by atoms with E-state index >= 15 is 0 Å². The van der Waals surface area contributed by atoms with Gasteiger partial charge in [0.2, 0.25) is 0 Å². The fourth-order valence-corrected chi connectivity index (χ4v) is 0.951. The first-order valence-corrected chi connectivity index (χ1v) is 4.00. The van der Waals surface area contributed by atoms with Gasteiger partial charge in [0.15, 0.2) is 3.92 Å². The van der Waals surface area contributed by atoms with Crippen LogP contribution < -0.4 is 0 Å². The van der Waals surface area contributed by atoms with Crippen LogP contribution in [0.5, 0.6) is 0 Å². The molecule has 0 spiro atoms. The van der Waals surface area contributed by atoms with Crippen molar-refractivity contribution < 1.29 is 17.6 Å². The van der Waals surface area contributed by atoms with E-state index in [0.29, 0.717) is 0 Å². The van der Waals surface area contributed by atoms with Gasteiger partial charge in [-0.05, 0) is 12.1 Å². The Morgan fingerprint density at radius 3 is 2.45 bits per heavy atom. The summed E-state index contributed by atoms with van der Waals surface area (Å²) >= 11 is 1.29. The van der Waals surface area contributed by atoms with Gasteiger partial charge in [0.25, 0.3) is 0 Å². The van der Waals surface area contributed by atoms with E-state index in [4.69, 9.17) is 0 Å². The lowest BCUT2D eigenvalue weighted by molar-refractivity contribution is -0.128. The van der Waals surface area contributed by atoms with Gasteiger partial charge in [0.05, 0.1) is 6.26 Å². The molecule has 0 aromatic carbocycles. The summed E-state index contributed by atoms with van der Waals surface area (Å²) in [6.45, 7) is 0. The highest BCUT2D eigenvalue weighted by atomic mass is 127. The predicted octanol–water partition coefficient (Wildman–Crippen LogP) is 3.32. The van der Waals surface area contributed by atoms with Crippen LogP contribution in [0.3, 0.4) is 0 Å². The molecule has 0 fully saturated rings. The maximum absolute atomic E-state index is 11.9. The second-order valence-electron chi connectivity index (χ2n) is 1.92. The van der Waals surface area contributed by atoms with E-state index in [1.165, 1.54) is 41.0 Å². The molecule has 0 saturated carbocycles. The van der Waals surface area contributed by atoms with Gasteiger partial charge in [0, 0.05) is 0 Å². The lowest BCUT2D eigenvalue weighted by atomic mass is 10.3. The smallest absolute Gasteiger partial charge is 0.407 e. The van der Waals surface area contributed by atoms with Crippen molar-refractivity contribution in [2.24, 2.45) is 0 Å². The molecule has 0 radical (unpaired) electrons. The van der Waals surface area contributed by atoms with E-state index in [0.717, 1.165) is 0 Å². The number of hydrogen-bond donors (Lipinski definition) is 0. The maximum atomic E-state index is 11.9. The number of furan rings is 1. The van der Waals surface area contributed by atoms with E-state index in [1.54, 1.807) is 0 Å². The monoisotopic (exact) mass is 276 g/mol. The first-order valence-electron chi connectivity index (χ1n) is 2.76. The van der Waals surface area contributed by atoms with Crippen molar-refractivity contribution in [2.45, 2.75) is 10.1 Å². The van der Waals surface area contributed by atoms with E-state index in [9.17, 15) is 13.2 Å². The van der Waals surface area contributed by atoms with E-state index < -0.39 is 10.1 Å². The molecule has 62 valence electrons. The SMILES string of the molecule is FC(F)(F)C(I)c1ccco1. The Balaban J connectivity index is 2.78. The summed E-state index contributed by atoms with van der Waals surface area (Å²) < 4.78 is 38.9. The highest BCUT2D eigenvalue weighted by molar-refractivity contribution is 14.1. The summed E-state index contributed by atoms with van der Waals surface area (Å²) in [5, 5.41) is 0. The molecule has 1 atom stereocenters. The van der Waals surface area contributed by atoms with Gasteiger partial charge in [0.1, 0.15) is 5.76 Å². The molecule has 0 amide bonds. The van der Waals surface area contributed by atoms with Gasteiger partial charge in [-0.1, -0.05) is 22.6 Å². The van der Waals surface area contributed by atoms with Gasteiger partial charge >= 0.3 is 6.18 Å². The molecular weight excluding hydrogens is 272 g/mol. The fourth-order valence-electron chi connectivity index (χ4n) is 0.597. The largest absolute Gasteiger partial charge is 0.468 e. The number of hydrogen-bond acceptors (Lipinski definition) is 1. The standard InChI is InChI=1S/C6H4F3IO/c7-6(8,9)5(10)4-2-1-3-11-4/h1-3,5H. The van der Waals surface area contributed by atoms with E-state index in [-0.39, 0.29) is 5.76 Å². The molecule has 1 rings (SSSR count). The second-order valence-corrected chi connectivity index (χ2v) is 3.17. The Kier molecular flexibility index (Phi) is 2.46. The molecule has 0 aliphatic heterocycles. The van der Waals surface area contributed by atoms with Crippen molar-refractivity contribution in [3.63, 3.8) is 0 Å². The molecule has 5 heteroatoms. The van der Waals surface area contributed by atoms with Crippen LogP contribution >= 0.6 is 22.6 Å². The van der Waals surface area contributed by atoms with Gasteiger partial charge < -0.3 is 4.42 Å². The number of alkyl halides is 4. The lowest BCUT2D eigenvalue weighted by Crippen LogP contribution is -2.14. The van der Waals surface area contributed by atoms with Crippen LogP contribution in [0.4, 0.5) is 13.2 Å². The van der Waals surface area contributed by atoms with Crippen molar-refractivity contribution in [1.82, 2.24) is 0 Å². The fraction of sp³-hybridized carbons (Fsp3) is 0.333. The molecule has 1 heterocycles. The average molecular weight is 276 g/mol. The molecule has 0 saturated heterocycles. The minimum Gasteiger partial charge on any atom is -0.468 e. The normalized spacial score (nSPS) is 14.9. The molecule has 1 nitrogen and oxygen atoms in total. The van der Waals surface area contributed by atoms with Crippen LogP contribution in [0.25, 0.3) is 0 Å². The van der Waals surface area contributed by atoms with Gasteiger partial charge in [-0.15, -0.1) is 0 Å². The summed E-state index contributed by atoms with van der Waals surface area (Å²) in [6.07, 6.45) is -2.99. The molecule has 0 bridgehead atoms. The Labute approximate surface area is 74.7 Å². The third-order valence-electron chi connectivity index (χ3n) is 1.08. The summed E-state index contributed by atoms with van der Waals surface area (Å²) in [4.78, 5) is 0. The summed E-state index contributed by atoms with van der Waals surface area (Å²) in [5.74, 6) is -0.0573. The zero-order valence-electron chi connectivity index (χ0n) is 5.23. The third-order valence-corrected chi connectivity index (χ3v) is 2.40. The number of rotatable bonds is 1. The van der Waals surface area contributed by atoms with Crippen LogP contribution in [0, 0.1) is 0 Å². The first kappa shape index (κ1) is 8.89. The van der Waals surface area contributed by atoms with Crippen LogP contribution in [0.1, 0.15) is 9.68 Å². The highest BCUT2D eigenvalue weighted by Crippen LogP contribution is 2.39. The quantitative estimate of drug-likeness (QED) is 0.566. The molecule has 0 N–H and O–H groups in total.